The Morgan fingerprint density at radius 2 is 1.72 bits per heavy atom. The second kappa shape index (κ2) is 20.5. The van der Waals surface area contributed by atoms with Gasteiger partial charge in [-0.05, 0) is 74.2 Å². The number of pyridine rings is 1. The first-order valence-electron chi connectivity index (χ1n) is 14.5. The van der Waals surface area contributed by atoms with Gasteiger partial charge in [0, 0.05) is 49.7 Å². The summed E-state index contributed by atoms with van der Waals surface area (Å²) in [6.45, 7) is 12.0. The molecule has 8 nitrogen and oxygen atoms in total. The summed E-state index contributed by atoms with van der Waals surface area (Å²) < 4.78 is 1.06. The molecule has 0 saturated carbocycles. The molecule has 0 aliphatic heterocycles. The zero-order valence-electron chi connectivity index (χ0n) is 26.6. The molecular formula is C34H45N5O3S. The van der Waals surface area contributed by atoms with E-state index in [1.54, 1.807) is 23.6 Å². The topological polar surface area (TPSA) is 101 Å². The Labute approximate surface area is 260 Å². The number of aromatic nitrogens is 2. The third kappa shape index (κ3) is 13.0. The van der Waals surface area contributed by atoms with Gasteiger partial charge < -0.3 is 10.2 Å². The molecule has 0 atom stereocenters. The summed E-state index contributed by atoms with van der Waals surface area (Å²) in [4.78, 5) is 31.3. The molecule has 230 valence electrons. The Hall–Kier alpha value is -4.37. The molecule has 1 amide bonds. The maximum absolute atomic E-state index is 10.4. The highest BCUT2D eigenvalue weighted by molar-refractivity contribution is 7.21. The van der Waals surface area contributed by atoms with E-state index in [1.807, 2.05) is 77.1 Å². The fourth-order valence-electron chi connectivity index (χ4n) is 3.76. The van der Waals surface area contributed by atoms with Crippen LogP contribution in [0.15, 0.2) is 90.3 Å². The predicted octanol–water partition coefficient (Wildman–Crippen LogP) is 9.32. The molecule has 2 aromatic carbocycles. The van der Waals surface area contributed by atoms with Crippen molar-refractivity contribution in [3.05, 3.63) is 106 Å². The number of aryl methyl sites for hydroxylation is 1. The summed E-state index contributed by atoms with van der Waals surface area (Å²) in [5, 5.41) is 13.9. The molecule has 0 unspecified atom stereocenters. The van der Waals surface area contributed by atoms with Gasteiger partial charge in [0.05, 0.1) is 9.62 Å². The van der Waals surface area contributed by atoms with Gasteiger partial charge in [-0.25, -0.2) is 9.97 Å². The van der Waals surface area contributed by atoms with Crippen molar-refractivity contribution in [2.24, 2.45) is 0 Å². The Morgan fingerprint density at radius 1 is 1.00 bits per heavy atom. The number of allylic oxidation sites excluding steroid dienone is 4. The van der Waals surface area contributed by atoms with E-state index in [0.29, 0.717) is 18.5 Å². The SMILES string of the molecule is CC.CC.CC1=CCCCC([N+](=O)[O-])=C1.Cc1cccc(N(C)C)c1.O=CNc1cccc(-c2nc3ncccc3s2)c1. The molecule has 0 radical (unpaired) electrons. The van der Waals surface area contributed by atoms with E-state index in [2.05, 4.69) is 65.5 Å². The zero-order chi connectivity index (χ0) is 32.2. The average Bonchev–Trinajstić information content (AvgIpc) is 3.34. The summed E-state index contributed by atoms with van der Waals surface area (Å²) in [6, 6.07) is 19.9. The molecule has 5 rings (SSSR count). The quantitative estimate of drug-likeness (QED) is 0.139. The first-order chi connectivity index (χ1) is 20.8. The van der Waals surface area contributed by atoms with Crippen LogP contribution in [0, 0.1) is 17.0 Å². The van der Waals surface area contributed by atoms with Crippen molar-refractivity contribution in [1.82, 2.24) is 9.97 Å². The van der Waals surface area contributed by atoms with Crippen LogP contribution in [0.1, 0.15) is 59.4 Å². The highest BCUT2D eigenvalue weighted by Gasteiger charge is 2.11. The predicted molar refractivity (Wildman–Crippen MR) is 183 cm³/mol. The lowest BCUT2D eigenvalue weighted by Crippen LogP contribution is -2.08. The van der Waals surface area contributed by atoms with E-state index in [1.165, 1.54) is 11.3 Å². The van der Waals surface area contributed by atoms with E-state index in [0.717, 1.165) is 45.0 Å². The van der Waals surface area contributed by atoms with Crippen molar-refractivity contribution in [2.45, 2.75) is 60.8 Å². The molecule has 2 heterocycles. The molecule has 0 saturated heterocycles. The number of anilines is 2. The summed E-state index contributed by atoms with van der Waals surface area (Å²) in [5.74, 6) is 0. The molecule has 0 spiro atoms. The van der Waals surface area contributed by atoms with Crippen LogP contribution < -0.4 is 10.2 Å². The second-order valence-electron chi connectivity index (χ2n) is 9.15. The standard InChI is InChI=1S/C13H9N3OS.C9H13N.C8H11NO2.2C2H6/c17-8-15-10-4-1-3-9(7-10)13-16-12-11(18-13)5-2-6-14-12;1-8-5-4-6-9(7-8)10(2)3;1-7-4-2-3-5-8(6-7)9(10)11;2*1-2/h1-8H,(H,15,17);4-7H,1-3H3;4,6H,2-3,5H2,1H3;2*1-2H3. The van der Waals surface area contributed by atoms with Crippen LogP contribution in [0.2, 0.25) is 0 Å². The lowest BCUT2D eigenvalue weighted by atomic mass is 10.2. The largest absolute Gasteiger partial charge is 0.378 e. The Balaban J connectivity index is 0.000000322. The van der Waals surface area contributed by atoms with Crippen LogP contribution in [-0.2, 0) is 4.79 Å². The van der Waals surface area contributed by atoms with E-state index in [9.17, 15) is 14.9 Å². The fraction of sp³-hybridized carbons (Fsp3) is 0.324. The van der Waals surface area contributed by atoms with Gasteiger partial charge in [0.25, 0.3) is 0 Å². The normalized spacial score (nSPS) is 11.5. The Morgan fingerprint density at radius 3 is 2.33 bits per heavy atom. The Kier molecular flexibility index (Phi) is 17.5. The minimum absolute atomic E-state index is 0.289. The zero-order valence-corrected chi connectivity index (χ0v) is 27.4. The number of carbonyl (C=O) groups excluding carboxylic acids is 1. The van der Waals surface area contributed by atoms with Crippen molar-refractivity contribution in [3.63, 3.8) is 0 Å². The van der Waals surface area contributed by atoms with E-state index >= 15 is 0 Å². The third-order valence-electron chi connectivity index (χ3n) is 5.75. The first kappa shape index (κ1) is 36.7. The van der Waals surface area contributed by atoms with Gasteiger partial charge in [-0.1, -0.05) is 58.0 Å². The number of hydrogen-bond donors (Lipinski definition) is 1. The molecule has 4 aromatic rings. The number of thiazole rings is 1. The maximum atomic E-state index is 10.4. The van der Waals surface area contributed by atoms with E-state index in [4.69, 9.17) is 0 Å². The van der Waals surface area contributed by atoms with Crippen LogP contribution in [0.25, 0.3) is 20.9 Å². The molecule has 43 heavy (non-hydrogen) atoms. The number of nitro groups is 1. The number of amides is 1. The monoisotopic (exact) mass is 603 g/mol. The van der Waals surface area contributed by atoms with Gasteiger partial charge in [0.1, 0.15) is 5.01 Å². The van der Waals surface area contributed by atoms with Crippen LogP contribution in [0.5, 0.6) is 0 Å². The van der Waals surface area contributed by atoms with Crippen molar-refractivity contribution in [1.29, 1.82) is 0 Å². The van der Waals surface area contributed by atoms with Gasteiger partial charge in [0.15, 0.2) is 5.65 Å². The highest BCUT2D eigenvalue weighted by atomic mass is 32.1. The lowest BCUT2D eigenvalue weighted by Gasteiger charge is -2.11. The number of fused-ring (bicyclic) bond motifs is 1. The number of nitrogens with one attached hydrogen (secondary N) is 1. The van der Waals surface area contributed by atoms with Gasteiger partial charge in [0.2, 0.25) is 12.1 Å². The maximum Gasteiger partial charge on any atom is 0.246 e. The van der Waals surface area contributed by atoms with Crippen molar-refractivity contribution in [2.75, 3.05) is 24.3 Å². The summed E-state index contributed by atoms with van der Waals surface area (Å²) in [5.41, 5.74) is 6.42. The van der Waals surface area contributed by atoms with Crippen molar-refractivity contribution < 1.29 is 9.72 Å². The number of benzene rings is 2. The van der Waals surface area contributed by atoms with E-state index < -0.39 is 0 Å². The third-order valence-corrected chi connectivity index (χ3v) is 6.81. The van der Waals surface area contributed by atoms with Crippen LogP contribution in [0.3, 0.4) is 0 Å². The first-order valence-corrected chi connectivity index (χ1v) is 15.4. The van der Waals surface area contributed by atoms with E-state index in [-0.39, 0.29) is 4.92 Å². The molecule has 2 aromatic heterocycles. The molecule has 1 aliphatic carbocycles. The second-order valence-corrected chi connectivity index (χ2v) is 10.2. The average molecular weight is 604 g/mol. The molecule has 9 heteroatoms. The minimum atomic E-state index is -0.289. The van der Waals surface area contributed by atoms with Gasteiger partial charge in [-0.3, -0.25) is 14.9 Å². The number of rotatable bonds is 5. The van der Waals surface area contributed by atoms with Gasteiger partial charge in [-0.15, -0.1) is 11.3 Å². The summed E-state index contributed by atoms with van der Waals surface area (Å²) in [7, 11) is 4.10. The summed E-state index contributed by atoms with van der Waals surface area (Å²) in [6.07, 6.45) is 8.55. The number of carbonyl (C=O) groups is 1. The van der Waals surface area contributed by atoms with Gasteiger partial charge in [-0.2, -0.15) is 0 Å². The molecule has 0 fully saturated rings. The highest BCUT2D eigenvalue weighted by Crippen LogP contribution is 2.30. The molecule has 1 N–H and O–H groups in total. The van der Waals surface area contributed by atoms with Crippen molar-refractivity contribution >= 4 is 39.5 Å². The fourth-order valence-corrected chi connectivity index (χ4v) is 4.68. The number of nitrogens with zero attached hydrogens (tertiary/aromatic N) is 4. The lowest BCUT2D eigenvalue weighted by molar-refractivity contribution is -0.428. The van der Waals surface area contributed by atoms with Crippen molar-refractivity contribution in [3.8, 4) is 10.6 Å². The minimum Gasteiger partial charge on any atom is -0.378 e. The summed E-state index contributed by atoms with van der Waals surface area (Å²) >= 11 is 1.59. The Bertz CT molecular complexity index is 1440. The molecule has 1 aliphatic rings. The molecule has 0 bridgehead atoms. The number of hydrogen-bond acceptors (Lipinski definition) is 7. The molecular weight excluding hydrogens is 558 g/mol. The van der Waals surface area contributed by atoms with Gasteiger partial charge >= 0.3 is 0 Å². The van der Waals surface area contributed by atoms with Crippen LogP contribution in [-0.4, -0.2) is 35.4 Å². The van der Waals surface area contributed by atoms with Crippen LogP contribution >= 0.6 is 11.3 Å². The van der Waals surface area contributed by atoms with Crippen LogP contribution in [0.4, 0.5) is 11.4 Å². The smallest absolute Gasteiger partial charge is 0.246 e.